The summed E-state index contributed by atoms with van der Waals surface area (Å²) in [7, 11) is 0. The van der Waals surface area contributed by atoms with Crippen LogP contribution in [0.5, 0.6) is 0 Å². The van der Waals surface area contributed by atoms with Crippen molar-refractivity contribution >= 4 is 35.2 Å². The molecule has 1 aromatic heterocycles. The number of rotatable bonds is 7. The van der Waals surface area contributed by atoms with Crippen LogP contribution < -0.4 is 16.8 Å². The SMILES string of the molecule is CCNC(=O)CN(CC)C(=O)CSc1nc(N)cc(N)n1. The molecule has 21 heavy (non-hydrogen) atoms. The fourth-order valence-corrected chi connectivity index (χ4v) is 2.32. The Morgan fingerprint density at radius 1 is 1.29 bits per heavy atom. The van der Waals surface area contributed by atoms with Crippen LogP contribution >= 0.6 is 11.8 Å². The lowest BCUT2D eigenvalue weighted by molar-refractivity contribution is -0.133. The van der Waals surface area contributed by atoms with Gasteiger partial charge in [0.2, 0.25) is 11.8 Å². The van der Waals surface area contributed by atoms with E-state index >= 15 is 0 Å². The number of carbonyl (C=O) groups is 2. The Balaban J connectivity index is 2.56. The van der Waals surface area contributed by atoms with Crippen molar-refractivity contribution in [1.82, 2.24) is 20.2 Å². The van der Waals surface area contributed by atoms with E-state index in [0.29, 0.717) is 18.2 Å². The molecule has 0 aliphatic heterocycles. The maximum absolute atomic E-state index is 12.1. The van der Waals surface area contributed by atoms with Crippen LogP contribution in [0.2, 0.25) is 0 Å². The second-order valence-corrected chi connectivity index (χ2v) is 5.09. The number of nitrogens with one attached hydrogen (secondary N) is 1. The fraction of sp³-hybridized carbons (Fsp3) is 0.500. The number of anilines is 2. The molecule has 0 unspecified atom stereocenters. The van der Waals surface area contributed by atoms with Crippen molar-refractivity contribution in [1.29, 1.82) is 0 Å². The van der Waals surface area contributed by atoms with Crippen molar-refractivity contribution in [3.8, 4) is 0 Å². The van der Waals surface area contributed by atoms with Crippen LogP contribution in [0.4, 0.5) is 11.6 Å². The molecule has 0 aromatic carbocycles. The highest BCUT2D eigenvalue weighted by Gasteiger charge is 2.16. The lowest BCUT2D eigenvalue weighted by Crippen LogP contribution is -2.41. The van der Waals surface area contributed by atoms with Gasteiger partial charge in [-0.2, -0.15) is 0 Å². The van der Waals surface area contributed by atoms with Crippen LogP contribution in [0, 0.1) is 0 Å². The topological polar surface area (TPSA) is 127 Å². The van der Waals surface area contributed by atoms with E-state index in [1.165, 1.54) is 11.0 Å². The Bertz CT molecular complexity index is 490. The molecule has 0 saturated carbocycles. The number of amides is 2. The molecule has 0 atom stereocenters. The van der Waals surface area contributed by atoms with E-state index in [4.69, 9.17) is 11.5 Å². The fourth-order valence-electron chi connectivity index (χ4n) is 1.55. The van der Waals surface area contributed by atoms with Gasteiger partial charge in [-0.25, -0.2) is 9.97 Å². The smallest absolute Gasteiger partial charge is 0.239 e. The predicted octanol–water partition coefficient (Wildman–Crippen LogP) is -0.282. The Labute approximate surface area is 127 Å². The number of likely N-dealkylation sites (N-methyl/N-ethyl adjacent to an activating group) is 2. The van der Waals surface area contributed by atoms with Crippen LogP contribution in [0.25, 0.3) is 0 Å². The van der Waals surface area contributed by atoms with Crippen LogP contribution in [-0.4, -0.2) is 52.1 Å². The lowest BCUT2D eigenvalue weighted by atomic mass is 10.4. The predicted molar refractivity (Wildman–Crippen MR) is 82.5 cm³/mol. The first-order valence-corrected chi connectivity index (χ1v) is 7.52. The van der Waals surface area contributed by atoms with Crippen LogP contribution in [0.1, 0.15) is 13.8 Å². The second kappa shape index (κ2) is 8.30. The van der Waals surface area contributed by atoms with Gasteiger partial charge in [0.25, 0.3) is 0 Å². The highest BCUT2D eigenvalue weighted by molar-refractivity contribution is 7.99. The molecule has 9 heteroatoms. The highest BCUT2D eigenvalue weighted by atomic mass is 32.2. The summed E-state index contributed by atoms with van der Waals surface area (Å²) in [5.74, 6) is 0.288. The molecule has 2 amide bonds. The summed E-state index contributed by atoms with van der Waals surface area (Å²) in [6.07, 6.45) is 0. The maximum Gasteiger partial charge on any atom is 0.239 e. The van der Waals surface area contributed by atoms with E-state index in [9.17, 15) is 9.59 Å². The quantitative estimate of drug-likeness (QED) is 0.466. The highest BCUT2D eigenvalue weighted by Crippen LogP contribution is 2.16. The summed E-state index contributed by atoms with van der Waals surface area (Å²) in [6, 6.07) is 1.44. The molecule has 1 aromatic rings. The zero-order valence-electron chi connectivity index (χ0n) is 12.1. The first-order chi connectivity index (χ1) is 9.96. The number of aromatic nitrogens is 2. The normalized spacial score (nSPS) is 10.2. The number of hydrogen-bond acceptors (Lipinski definition) is 7. The van der Waals surface area contributed by atoms with Crippen LogP contribution in [0.3, 0.4) is 0 Å². The standard InChI is InChI=1S/C12H20N6O2S/c1-3-15-10(19)6-18(4-2)11(20)7-21-12-16-8(13)5-9(14)17-12/h5H,3-4,6-7H2,1-2H3,(H,15,19)(H4,13,14,16,17). The third-order valence-corrected chi connectivity index (χ3v) is 3.34. The average molecular weight is 312 g/mol. The molecule has 0 aliphatic rings. The van der Waals surface area contributed by atoms with E-state index in [0.717, 1.165) is 11.8 Å². The third-order valence-electron chi connectivity index (χ3n) is 2.51. The lowest BCUT2D eigenvalue weighted by Gasteiger charge is -2.19. The summed E-state index contributed by atoms with van der Waals surface area (Å²) < 4.78 is 0. The molecule has 116 valence electrons. The van der Waals surface area contributed by atoms with Gasteiger partial charge < -0.3 is 21.7 Å². The Morgan fingerprint density at radius 3 is 2.43 bits per heavy atom. The van der Waals surface area contributed by atoms with Crippen LogP contribution in [-0.2, 0) is 9.59 Å². The molecule has 0 spiro atoms. The minimum absolute atomic E-state index is 0.0453. The molecule has 5 N–H and O–H groups in total. The average Bonchev–Trinajstić information content (AvgIpc) is 2.41. The van der Waals surface area contributed by atoms with Crippen molar-refractivity contribution in [2.45, 2.75) is 19.0 Å². The van der Waals surface area contributed by atoms with E-state index in [-0.39, 0.29) is 35.7 Å². The number of hydrogen-bond donors (Lipinski definition) is 3. The Morgan fingerprint density at radius 2 is 1.90 bits per heavy atom. The van der Waals surface area contributed by atoms with Gasteiger partial charge in [0.1, 0.15) is 11.6 Å². The van der Waals surface area contributed by atoms with E-state index in [2.05, 4.69) is 15.3 Å². The molecule has 1 heterocycles. The molecule has 8 nitrogen and oxygen atoms in total. The summed E-state index contributed by atoms with van der Waals surface area (Å²) in [5, 5.41) is 3.00. The second-order valence-electron chi connectivity index (χ2n) is 4.15. The van der Waals surface area contributed by atoms with Gasteiger partial charge in [-0.05, 0) is 13.8 Å². The Hall–Kier alpha value is -2.03. The van der Waals surface area contributed by atoms with Crippen LogP contribution in [0.15, 0.2) is 11.2 Å². The number of nitrogens with zero attached hydrogens (tertiary/aromatic N) is 3. The van der Waals surface area contributed by atoms with Crippen molar-refractivity contribution in [2.75, 3.05) is 36.9 Å². The van der Waals surface area contributed by atoms with Gasteiger partial charge in [0, 0.05) is 19.2 Å². The summed E-state index contributed by atoms with van der Waals surface area (Å²) in [6.45, 7) is 4.68. The van der Waals surface area contributed by atoms with Gasteiger partial charge in [0.05, 0.1) is 12.3 Å². The molecule has 0 aliphatic carbocycles. The number of nitrogens with two attached hydrogens (primary N) is 2. The largest absolute Gasteiger partial charge is 0.383 e. The zero-order chi connectivity index (χ0) is 15.8. The third kappa shape index (κ3) is 5.86. The van der Waals surface area contributed by atoms with Gasteiger partial charge in [-0.1, -0.05) is 11.8 Å². The van der Waals surface area contributed by atoms with Crippen molar-refractivity contribution < 1.29 is 9.59 Å². The summed E-state index contributed by atoms with van der Waals surface area (Å²) >= 11 is 1.14. The van der Waals surface area contributed by atoms with Gasteiger partial charge in [-0.3, -0.25) is 9.59 Å². The van der Waals surface area contributed by atoms with Gasteiger partial charge in [-0.15, -0.1) is 0 Å². The molecule has 1 rings (SSSR count). The molecule has 0 fully saturated rings. The molecular weight excluding hydrogens is 292 g/mol. The summed E-state index contributed by atoms with van der Waals surface area (Å²) in [4.78, 5) is 33.0. The zero-order valence-corrected chi connectivity index (χ0v) is 12.9. The monoisotopic (exact) mass is 312 g/mol. The van der Waals surface area contributed by atoms with Crippen molar-refractivity contribution in [2.24, 2.45) is 0 Å². The van der Waals surface area contributed by atoms with Gasteiger partial charge in [0.15, 0.2) is 5.16 Å². The minimum Gasteiger partial charge on any atom is -0.383 e. The molecule has 0 saturated heterocycles. The first-order valence-electron chi connectivity index (χ1n) is 6.53. The van der Waals surface area contributed by atoms with Gasteiger partial charge >= 0.3 is 0 Å². The first kappa shape index (κ1) is 17.0. The minimum atomic E-state index is -0.179. The maximum atomic E-state index is 12.1. The van der Waals surface area contributed by atoms with E-state index in [1.807, 2.05) is 13.8 Å². The number of carbonyl (C=O) groups excluding carboxylic acids is 2. The Kier molecular flexibility index (Phi) is 6.73. The molecule has 0 radical (unpaired) electrons. The van der Waals surface area contributed by atoms with Crippen molar-refractivity contribution in [3.63, 3.8) is 0 Å². The van der Waals surface area contributed by atoms with E-state index in [1.54, 1.807) is 0 Å². The molecular formula is C12H20N6O2S. The number of thioether (sulfide) groups is 1. The molecule has 0 bridgehead atoms. The van der Waals surface area contributed by atoms with E-state index < -0.39 is 0 Å². The summed E-state index contributed by atoms with van der Waals surface area (Å²) in [5.41, 5.74) is 11.1. The van der Waals surface area contributed by atoms with Crippen molar-refractivity contribution in [3.05, 3.63) is 6.07 Å². The number of nitrogen functional groups attached to an aromatic ring is 2.